The minimum atomic E-state index is -0.250. The van der Waals surface area contributed by atoms with Crippen LogP contribution in [0.15, 0.2) is 30.9 Å². The predicted molar refractivity (Wildman–Crippen MR) is 169 cm³/mol. The molecule has 1 aromatic heterocycles. The number of aryl methyl sites for hydroxylation is 1. The van der Waals surface area contributed by atoms with Gasteiger partial charge in [-0.15, -0.1) is 0 Å². The first-order valence-corrected chi connectivity index (χ1v) is 15.8. The fourth-order valence-corrected chi connectivity index (χ4v) is 7.62. The number of amides is 1. The van der Waals surface area contributed by atoms with Crippen molar-refractivity contribution in [3.05, 3.63) is 53.5 Å². The van der Waals surface area contributed by atoms with Crippen LogP contribution >= 0.6 is 0 Å². The molecule has 0 N–H and O–H groups in total. The Morgan fingerprint density at radius 1 is 1.18 bits per heavy atom. The number of anilines is 3. The predicted octanol–water partition coefficient (Wildman–Crippen LogP) is 2.81. The number of piperazine rings is 1. The van der Waals surface area contributed by atoms with Crippen LogP contribution in [0.3, 0.4) is 0 Å². The Kier molecular flexibility index (Phi) is 8.74. The molecule has 1 aliphatic carbocycles. The van der Waals surface area contributed by atoms with E-state index in [-0.39, 0.29) is 42.4 Å². The highest BCUT2D eigenvalue weighted by Gasteiger charge is 2.39. The normalized spacial score (nSPS) is 25.1. The van der Waals surface area contributed by atoms with E-state index < -0.39 is 0 Å². The van der Waals surface area contributed by atoms with Gasteiger partial charge in [0.25, 0.3) is 0 Å². The van der Waals surface area contributed by atoms with Crippen LogP contribution in [0.4, 0.5) is 21.8 Å². The number of hydrogen-bond donors (Lipinski definition) is 0. The molecule has 4 atom stereocenters. The molecule has 44 heavy (non-hydrogen) atoms. The van der Waals surface area contributed by atoms with Crippen molar-refractivity contribution in [2.24, 2.45) is 0 Å². The number of hydrogen-bond acceptors (Lipinski definition) is 9. The number of halogens is 1. The molecule has 1 amide bonds. The standard InChI is InChI=1S/C33H43FN8O2/c1-5-30(43)41-17-16-39(19-24(41)13-14-35)32-25-12-11-23(42-15-7-9-22-8-6-10-26(34)31(22)42)18-27(25)36-33(37-32)40-20-28(38(2)3)29(21-40)44-4/h5-6,8,10,23-24,28-29H,1,7,9,11-13,15-21H2,2-4H3. The van der Waals surface area contributed by atoms with Gasteiger partial charge in [0.1, 0.15) is 11.6 Å². The van der Waals surface area contributed by atoms with Crippen molar-refractivity contribution in [2.45, 2.75) is 62.8 Å². The van der Waals surface area contributed by atoms with Crippen molar-refractivity contribution < 1.29 is 13.9 Å². The molecule has 2 fully saturated rings. The van der Waals surface area contributed by atoms with Crippen molar-refractivity contribution in [3.63, 3.8) is 0 Å². The van der Waals surface area contributed by atoms with E-state index in [0.717, 1.165) is 67.1 Å². The van der Waals surface area contributed by atoms with E-state index in [2.05, 4.69) is 52.4 Å². The van der Waals surface area contributed by atoms with Gasteiger partial charge < -0.3 is 29.2 Å². The van der Waals surface area contributed by atoms with Crippen LogP contribution in [0.5, 0.6) is 0 Å². The molecule has 2 saturated heterocycles. The molecule has 3 aliphatic heterocycles. The number of aromatic nitrogens is 2. The number of methoxy groups -OCH3 is 1. The number of nitrogens with zero attached hydrogens (tertiary/aromatic N) is 8. The lowest BCUT2D eigenvalue weighted by Crippen LogP contribution is -2.55. The number of benzene rings is 1. The summed E-state index contributed by atoms with van der Waals surface area (Å²) >= 11 is 0. The van der Waals surface area contributed by atoms with Gasteiger partial charge in [-0.3, -0.25) is 4.79 Å². The summed E-state index contributed by atoms with van der Waals surface area (Å²) in [6.45, 7) is 7.55. The van der Waals surface area contributed by atoms with Crippen LogP contribution in [0.2, 0.25) is 0 Å². The van der Waals surface area contributed by atoms with Gasteiger partial charge in [-0.05, 0) is 57.5 Å². The SMILES string of the molecule is C=CC(=O)N1CCN(c2nc(N3CC(OC)C(N(C)C)C3)nc3c2CCC(N2CCCc4cccc(F)c42)C3)CC1CC#N. The molecule has 0 saturated carbocycles. The van der Waals surface area contributed by atoms with Crippen LogP contribution < -0.4 is 14.7 Å². The Bertz CT molecular complexity index is 1440. The quantitative estimate of drug-likeness (QED) is 0.444. The average molecular weight is 603 g/mol. The van der Waals surface area contributed by atoms with E-state index in [1.165, 1.54) is 6.08 Å². The highest BCUT2D eigenvalue weighted by Crippen LogP contribution is 2.38. The maximum atomic E-state index is 15.2. The number of rotatable bonds is 7. The number of likely N-dealkylation sites (N-methyl/N-ethyl adjacent to an activating group) is 1. The van der Waals surface area contributed by atoms with Crippen molar-refractivity contribution in [2.75, 3.05) is 75.2 Å². The van der Waals surface area contributed by atoms with Gasteiger partial charge in [-0.1, -0.05) is 18.7 Å². The van der Waals surface area contributed by atoms with E-state index in [0.29, 0.717) is 38.5 Å². The number of fused-ring (bicyclic) bond motifs is 2. The van der Waals surface area contributed by atoms with Gasteiger partial charge in [0.15, 0.2) is 0 Å². The fraction of sp³-hybridized carbons (Fsp3) is 0.576. The lowest BCUT2D eigenvalue weighted by atomic mass is 9.88. The first-order chi connectivity index (χ1) is 21.3. The Hall–Kier alpha value is -3.75. The third-order valence-corrected chi connectivity index (χ3v) is 9.91. The van der Waals surface area contributed by atoms with Crippen LogP contribution in [-0.4, -0.2) is 110 Å². The summed E-state index contributed by atoms with van der Waals surface area (Å²) in [4.78, 5) is 33.7. The smallest absolute Gasteiger partial charge is 0.246 e. The topological polar surface area (TPSA) is 92.1 Å². The zero-order valence-corrected chi connectivity index (χ0v) is 26.1. The molecule has 0 radical (unpaired) electrons. The minimum Gasteiger partial charge on any atom is -0.378 e. The second kappa shape index (κ2) is 12.7. The molecule has 11 heteroatoms. The van der Waals surface area contributed by atoms with Crippen LogP contribution in [0, 0.1) is 17.1 Å². The zero-order valence-electron chi connectivity index (χ0n) is 26.1. The Labute approximate surface area is 259 Å². The summed E-state index contributed by atoms with van der Waals surface area (Å²) in [6, 6.07) is 7.80. The monoisotopic (exact) mass is 602 g/mol. The lowest BCUT2D eigenvalue weighted by Gasteiger charge is -2.43. The zero-order chi connectivity index (χ0) is 31.0. The van der Waals surface area contributed by atoms with Gasteiger partial charge in [-0.2, -0.15) is 10.2 Å². The number of carbonyl (C=O) groups is 1. The van der Waals surface area contributed by atoms with Crippen molar-refractivity contribution in [3.8, 4) is 6.07 Å². The summed E-state index contributed by atoms with van der Waals surface area (Å²) in [6.07, 6.45) is 5.87. The number of carbonyl (C=O) groups excluding carboxylic acids is 1. The van der Waals surface area contributed by atoms with Crippen molar-refractivity contribution in [1.82, 2.24) is 19.8 Å². The molecular formula is C33H43FN8O2. The second-order valence-electron chi connectivity index (χ2n) is 12.6. The minimum absolute atomic E-state index is 0.0297. The lowest BCUT2D eigenvalue weighted by molar-refractivity contribution is -0.128. The number of para-hydroxylation sites is 1. The Balaban J connectivity index is 1.36. The maximum absolute atomic E-state index is 15.2. The highest BCUT2D eigenvalue weighted by molar-refractivity contribution is 5.87. The average Bonchev–Trinajstić information content (AvgIpc) is 3.49. The fourth-order valence-electron chi connectivity index (χ4n) is 7.62. The van der Waals surface area contributed by atoms with Gasteiger partial charge in [0, 0.05) is 64.4 Å². The van der Waals surface area contributed by atoms with E-state index in [9.17, 15) is 10.1 Å². The van der Waals surface area contributed by atoms with Gasteiger partial charge >= 0.3 is 0 Å². The highest BCUT2D eigenvalue weighted by atomic mass is 19.1. The van der Waals surface area contributed by atoms with E-state index in [1.807, 2.05) is 6.07 Å². The molecule has 6 rings (SSSR count). The molecule has 4 heterocycles. The third-order valence-electron chi connectivity index (χ3n) is 9.91. The first-order valence-electron chi connectivity index (χ1n) is 15.8. The molecule has 1 aromatic carbocycles. The van der Waals surface area contributed by atoms with Crippen LogP contribution in [-0.2, 0) is 28.8 Å². The van der Waals surface area contributed by atoms with Crippen molar-refractivity contribution in [1.29, 1.82) is 5.26 Å². The molecule has 2 aromatic rings. The molecule has 0 spiro atoms. The molecule has 4 aliphatic rings. The summed E-state index contributed by atoms with van der Waals surface area (Å²) in [5, 5.41) is 9.58. The molecule has 234 valence electrons. The van der Waals surface area contributed by atoms with E-state index in [1.54, 1.807) is 18.1 Å². The molecule has 4 unspecified atom stereocenters. The number of nitriles is 1. The summed E-state index contributed by atoms with van der Waals surface area (Å²) in [7, 11) is 5.89. The summed E-state index contributed by atoms with van der Waals surface area (Å²) in [5.41, 5.74) is 3.97. The van der Waals surface area contributed by atoms with Crippen molar-refractivity contribution >= 4 is 23.4 Å². The van der Waals surface area contributed by atoms with E-state index >= 15 is 4.39 Å². The third kappa shape index (κ3) is 5.61. The van der Waals surface area contributed by atoms with E-state index in [4.69, 9.17) is 14.7 Å². The Morgan fingerprint density at radius 3 is 2.75 bits per heavy atom. The van der Waals surface area contributed by atoms with Gasteiger partial charge in [0.2, 0.25) is 11.9 Å². The maximum Gasteiger partial charge on any atom is 0.246 e. The van der Waals surface area contributed by atoms with Crippen LogP contribution in [0.25, 0.3) is 0 Å². The molecule has 10 nitrogen and oxygen atoms in total. The van der Waals surface area contributed by atoms with Gasteiger partial charge in [0.05, 0.1) is 42.1 Å². The first kappa shape index (κ1) is 30.3. The molecule has 0 bridgehead atoms. The number of ether oxygens (including phenoxy) is 1. The summed E-state index contributed by atoms with van der Waals surface area (Å²) < 4.78 is 21.0. The molecular weight excluding hydrogens is 559 g/mol. The second-order valence-corrected chi connectivity index (χ2v) is 12.6. The largest absolute Gasteiger partial charge is 0.378 e. The van der Waals surface area contributed by atoms with Gasteiger partial charge in [-0.25, -0.2) is 9.37 Å². The van der Waals surface area contributed by atoms with Crippen LogP contribution in [0.1, 0.15) is 36.1 Å². The Morgan fingerprint density at radius 2 is 2.02 bits per heavy atom. The summed E-state index contributed by atoms with van der Waals surface area (Å²) in [5.74, 6) is 1.27.